The van der Waals surface area contributed by atoms with Crippen LogP contribution in [0.3, 0.4) is 0 Å². The third kappa shape index (κ3) is 1.75. The zero-order valence-electron chi connectivity index (χ0n) is 8.36. The van der Waals surface area contributed by atoms with E-state index in [1.807, 2.05) is 26.8 Å². The SMILES string of the molecule is Cc1cc(C(=O)Cl)c(C)c(C)c1C. The average Bonchev–Trinajstić information content (AvgIpc) is 2.07. The van der Waals surface area contributed by atoms with Crippen molar-refractivity contribution in [1.29, 1.82) is 0 Å². The maximum absolute atomic E-state index is 11.0. The molecule has 0 atom stereocenters. The van der Waals surface area contributed by atoms with E-state index in [9.17, 15) is 4.79 Å². The summed E-state index contributed by atoms with van der Waals surface area (Å²) in [5, 5.41) is -0.372. The first-order valence-corrected chi connectivity index (χ1v) is 4.60. The van der Waals surface area contributed by atoms with Gasteiger partial charge in [0.25, 0.3) is 5.24 Å². The van der Waals surface area contributed by atoms with E-state index in [1.54, 1.807) is 0 Å². The molecule has 13 heavy (non-hydrogen) atoms. The molecule has 0 fully saturated rings. The lowest BCUT2D eigenvalue weighted by Crippen LogP contribution is -2.00. The third-order valence-corrected chi connectivity index (χ3v) is 2.90. The van der Waals surface area contributed by atoms with Crippen molar-refractivity contribution in [3.05, 3.63) is 33.9 Å². The molecule has 0 aliphatic carbocycles. The van der Waals surface area contributed by atoms with Gasteiger partial charge in [-0.05, 0) is 67.6 Å². The predicted molar refractivity (Wildman–Crippen MR) is 55.6 cm³/mol. The first-order chi connectivity index (χ1) is 5.95. The Morgan fingerprint density at radius 2 is 1.62 bits per heavy atom. The summed E-state index contributed by atoms with van der Waals surface area (Å²) in [6.07, 6.45) is 0. The van der Waals surface area contributed by atoms with Gasteiger partial charge in [-0.15, -0.1) is 0 Å². The summed E-state index contributed by atoms with van der Waals surface area (Å²) in [4.78, 5) is 11.0. The van der Waals surface area contributed by atoms with Gasteiger partial charge in [-0.2, -0.15) is 0 Å². The summed E-state index contributed by atoms with van der Waals surface area (Å²) in [5.41, 5.74) is 5.13. The normalized spacial score (nSPS) is 10.2. The van der Waals surface area contributed by atoms with Gasteiger partial charge in [0.15, 0.2) is 0 Å². The van der Waals surface area contributed by atoms with Gasteiger partial charge in [0.2, 0.25) is 0 Å². The van der Waals surface area contributed by atoms with E-state index in [0.717, 1.165) is 16.7 Å². The largest absolute Gasteiger partial charge is 0.276 e. The van der Waals surface area contributed by atoms with E-state index >= 15 is 0 Å². The first-order valence-electron chi connectivity index (χ1n) is 4.22. The summed E-state index contributed by atoms with van der Waals surface area (Å²) in [6, 6.07) is 1.85. The maximum atomic E-state index is 11.0. The van der Waals surface area contributed by atoms with Crippen LogP contribution >= 0.6 is 11.6 Å². The molecule has 1 aromatic carbocycles. The van der Waals surface area contributed by atoms with E-state index < -0.39 is 0 Å². The lowest BCUT2D eigenvalue weighted by atomic mass is 9.95. The van der Waals surface area contributed by atoms with Crippen molar-refractivity contribution in [3.63, 3.8) is 0 Å². The Balaban J connectivity index is 3.50. The Hall–Kier alpha value is -0.820. The van der Waals surface area contributed by atoms with Gasteiger partial charge in [-0.1, -0.05) is 0 Å². The second kappa shape index (κ2) is 3.51. The van der Waals surface area contributed by atoms with E-state index in [2.05, 4.69) is 6.92 Å². The Morgan fingerprint density at radius 1 is 1.08 bits per heavy atom. The zero-order valence-corrected chi connectivity index (χ0v) is 9.12. The fraction of sp³-hybridized carbons (Fsp3) is 0.364. The minimum absolute atomic E-state index is 0.372. The van der Waals surface area contributed by atoms with Crippen LogP contribution in [0.15, 0.2) is 6.07 Å². The highest BCUT2D eigenvalue weighted by molar-refractivity contribution is 6.67. The molecule has 1 nitrogen and oxygen atoms in total. The molecular formula is C11H13ClO. The Labute approximate surface area is 83.7 Å². The van der Waals surface area contributed by atoms with Crippen LogP contribution in [0.5, 0.6) is 0 Å². The Bertz CT molecular complexity index is 367. The van der Waals surface area contributed by atoms with Crippen LogP contribution in [0.25, 0.3) is 0 Å². The van der Waals surface area contributed by atoms with Crippen molar-refractivity contribution in [1.82, 2.24) is 0 Å². The lowest BCUT2D eigenvalue weighted by molar-refractivity contribution is 0.108. The molecule has 0 radical (unpaired) electrons. The molecule has 0 N–H and O–H groups in total. The summed E-state index contributed by atoms with van der Waals surface area (Å²) >= 11 is 5.47. The Morgan fingerprint density at radius 3 is 2.08 bits per heavy atom. The molecule has 0 aromatic heterocycles. The highest BCUT2D eigenvalue weighted by atomic mass is 35.5. The van der Waals surface area contributed by atoms with Crippen LogP contribution in [0, 0.1) is 27.7 Å². The van der Waals surface area contributed by atoms with Gasteiger partial charge in [-0.3, -0.25) is 4.79 Å². The van der Waals surface area contributed by atoms with E-state index in [1.165, 1.54) is 5.56 Å². The maximum Gasteiger partial charge on any atom is 0.252 e. The molecular weight excluding hydrogens is 184 g/mol. The van der Waals surface area contributed by atoms with Crippen molar-refractivity contribution < 1.29 is 4.79 Å². The number of halogens is 1. The molecule has 0 heterocycles. The van der Waals surface area contributed by atoms with E-state index in [-0.39, 0.29) is 5.24 Å². The second-order valence-corrected chi connectivity index (χ2v) is 3.73. The first kappa shape index (κ1) is 10.3. The van der Waals surface area contributed by atoms with Gasteiger partial charge < -0.3 is 0 Å². The lowest BCUT2D eigenvalue weighted by Gasteiger charge is -2.11. The molecule has 0 aliphatic rings. The summed E-state index contributed by atoms with van der Waals surface area (Å²) < 4.78 is 0. The number of carbonyl (C=O) groups excluding carboxylic acids is 1. The molecule has 1 aromatic rings. The molecule has 0 saturated carbocycles. The average molecular weight is 197 g/mol. The zero-order chi connectivity index (χ0) is 10.2. The van der Waals surface area contributed by atoms with Gasteiger partial charge in [0, 0.05) is 5.56 Å². The molecule has 1 rings (SSSR count). The van der Waals surface area contributed by atoms with Gasteiger partial charge in [0.1, 0.15) is 0 Å². The number of rotatable bonds is 1. The van der Waals surface area contributed by atoms with Crippen molar-refractivity contribution in [3.8, 4) is 0 Å². The van der Waals surface area contributed by atoms with Crippen LogP contribution in [0.2, 0.25) is 0 Å². The number of hydrogen-bond donors (Lipinski definition) is 0. The van der Waals surface area contributed by atoms with Crippen LogP contribution in [0.4, 0.5) is 0 Å². The summed E-state index contributed by atoms with van der Waals surface area (Å²) in [7, 11) is 0. The highest BCUT2D eigenvalue weighted by Crippen LogP contribution is 2.22. The summed E-state index contributed by atoms with van der Waals surface area (Å²) in [6.45, 7) is 7.99. The summed E-state index contributed by atoms with van der Waals surface area (Å²) in [5.74, 6) is 0. The fourth-order valence-electron chi connectivity index (χ4n) is 1.42. The van der Waals surface area contributed by atoms with Crippen LogP contribution in [-0.2, 0) is 0 Å². The van der Waals surface area contributed by atoms with Crippen molar-refractivity contribution in [2.75, 3.05) is 0 Å². The van der Waals surface area contributed by atoms with Crippen molar-refractivity contribution >= 4 is 16.8 Å². The van der Waals surface area contributed by atoms with Crippen LogP contribution < -0.4 is 0 Å². The molecule has 0 unspecified atom stereocenters. The van der Waals surface area contributed by atoms with Gasteiger partial charge in [0.05, 0.1) is 0 Å². The van der Waals surface area contributed by atoms with E-state index in [0.29, 0.717) is 5.56 Å². The highest BCUT2D eigenvalue weighted by Gasteiger charge is 2.11. The smallest absolute Gasteiger partial charge is 0.252 e. The van der Waals surface area contributed by atoms with Crippen LogP contribution in [0.1, 0.15) is 32.6 Å². The molecule has 2 heteroatoms. The molecule has 0 saturated heterocycles. The minimum Gasteiger partial charge on any atom is -0.276 e. The monoisotopic (exact) mass is 196 g/mol. The second-order valence-electron chi connectivity index (χ2n) is 3.39. The molecule has 0 amide bonds. The number of benzene rings is 1. The Kier molecular flexibility index (Phi) is 2.77. The standard InChI is InChI=1S/C11H13ClO/c1-6-5-10(11(12)13)9(4)8(3)7(6)2/h5H,1-4H3. The number of hydrogen-bond acceptors (Lipinski definition) is 1. The molecule has 70 valence electrons. The van der Waals surface area contributed by atoms with Gasteiger partial charge >= 0.3 is 0 Å². The van der Waals surface area contributed by atoms with Gasteiger partial charge in [-0.25, -0.2) is 0 Å². The van der Waals surface area contributed by atoms with E-state index in [4.69, 9.17) is 11.6 Å². The fourth-order valence-corrected chi connectivity index (χ4v) is 1.61. The van der Waals surface area contributed by atoms with Crippen molar-refractivity contribution in [2.45, 2.75) is 27.7 Å². The topological polar surface area (TPSA) is 17.1 Å². The molecule has 0 bridgehead atoms. The third-order valence-electron chi connectivity index (χ3n) is 2.69. The number of carbonyl (C=O) groups is 1. The van der Waals surface area contributed by atoms with Crippen LogP contribution in [-0.4, -0.2) is 5.24 Å². The van der Waals surface area contributed by atoms with Crippen molar-refractivity contribution in [2.24, 2.45) is 0 Å². The quantitative estimate of drug-likeness (QED) is 0.630. The minimum atomic E-state index is -0.372. The molecule has 0 spiro atoms. The number of aryl methyl sites for hydroxylation is 1. The molecule has 0 aliphatic heterocycles. The predicted octanol–water partition coefficient (Wildman–Crippen LogP) is 3.30.